The lowest BCUT2D eigenvalue weighted by Gasteiger charge is -2.32. The molecule has 1 saturated heterocycles. The Bertz CT molecular complexity index is 877. The van der Waals surface area contributed by atoms with Crippen LogP contribution in [0.5, 0.6) is 11.5 Å². The van der Waals surface area contributed by atoms with Crippen molar-refractivity contribution < 1.29 is 19.1 Å². The molecule has 1 fully saturated rings. The quantitative estimate of drug-likeness (QED) is 0.684. The van der Waals surface area contributed by atoms with Gasteiger partial charge in [0.1, 0.15) is 6.61 Å². The highest BCUT2D eigenvalue weighted by Crippen LogP contribution is 2.28. The molecule has 0 aliphatic carbocycles. The van der Waals surface area contributed by atoms with Gasteiger partial charge in [-0.15, -0.1) is 0 Å². The van der Waals surface area contributed by atoms with E-state index in [1.165, 1.54) is 7.11 Å². The average molecular weight is 409 g/mol. The molecular weight excluding hydrogens is 382 g/mol. The molecule has 1 heterocycles. The molecule has 158 valence electrons. The van der Waals surface area contributed by atoms with E-state index in [-0.39, 0.29) is 18.0 Å². The van der Waals surface area contributed by atoms with E-state index in [1.54, 1.807) is 29.2 Å². The highest BCUT2D eigenvalue weighted by atomic mass is 16.5. The third-order valence-corrected chi connectivity index (χ3v) is 4.92. The van der Waals surface area contributed by atoms with Crippen LogP contribution in [0.4, 0.5) is 10.5 Å². The van der Waals surface area contributed by atoms with Crippen molar-refractivity contribution in [2.45, 2.75) is 18.9 Å². The molecular formula is C23H27N3O4. The van der Waals surface area contributed by atoms with E-state index in [1.807, 2.05) is 30.3 Å². The highest BCUT2D eigenvalue weighted by Gasteiger charge is 2.24. The van der Waals surface area contributed by atoms with E-state index in [9.17, 15) is 9.59 Å². The summed E-state index contributed by atoms with van der Waals surface area (Å²) >= 11 is 0. The van der Waals surface area contributed by atoms with E-state index < -0.39 is 0 Å². The first-order valence-electron chi connectivity index (χ1n) is 9.94. The van der Waals surface area contributed by atoms with Gasteiger partial charge in [0, 0.05) is 30.4 Å². The molecule has 0 bridgehead atoms. The molecule has 30 heavy (non-hydrogen) atoms. The zero-order valence-corrected chi connectivity index (χ0v) is 17.1. The van der Waals surface area contributed by atoms with Crippen molar-refractivity contribution in [2.24, 2.45) is 0 Å². The zero-order chi connectivity index (χ0) is 21.3. The Balaban J connectivity index is 1.51. The second-order valence-electron chi connectivity index (χ2n) is 7.00. The first kappa shape index (κ1) is 21.2. The number of piperidine rings is 1. The SMILES string of the molecule is C=CCOc1ccc(C(=O)NC2CCN(C(=O)Nc3ccccc3)CC2)cc1OC. The van der Waals surface area contributed by atoms with Crippen molar-refractivity contribution in [2.75, 3.05) is 32.1 Å². The van der Waals surface area contributed by atoms with Crippen LogP contribution in [0, 0.1) is 0 Å². The van der Waals surface area contributed by atoms with E-state index in [0.717, 1.165) is 5.69 Å². The summed E-state index contributed by atoms with van der Waals surface area (Å²) in [4.78, 5) is 26.8. The summed E-state index contributed by atoms with van der Waals surface area (Å²) in [6.07, 6.45) is 3.05. The Hall–Kier alpha value is -3.48. The largest absolute Gasteiger partial charge is 0.493 e. The van der Waals surface area contributed by atoms with Gasteiger partial charge in [0.2, 0.25) is 0 Å². The number of likely N-dealkylation sites (tertiary alicyclic amines) is 1. The molecule has 2 N–H and O–H groups in total. The number of benzene rings is 2. The lowest BCUT2D eigenvalue weighted by Crippen LogP contribution is -2.47. The zero-order valence-electron chi connectivity index (χ0n) is 17.1. The number of methoxy groups -OCH3 is 1. The summed E-state index contributed by atoms with van der Waals surface area (Å²) in [5, 5.41) is 5.94. The Morgan fingerprint density at radius 1 is 1.13 bits per heavy atom. The molecule has 3 amide bonds. The molecule has 0 unspecified atom stereocenters. The van der Waals surface area contributed by atoms with Gasteiger partial charge >= 0.3 is 6.03 Å². The maximum Gasteiger partial charge on any atom is 0.321 e. The van der Waals surface area contributed by atoms with Crippen LogP contribution in [-0.2, 0) is 0 Å². The van der Waals surface area contributed by atoms with E-state index in [2.05, 4.69) is 17.2 Å². The molecule has 3 rings (SSSR count). The average Bonchev–Trinajstić information content (AvgIpc) is 2.78. The van der Waals surface area contributed by atoms with Gasteiger partial charge in [-0.2, -0.15) is 0 Å². The van der Waals surface area contributed by atoms with Crippen LogP contribution in [0.3, 0.4) is 0 Å². The fraction of sp³-hybridized carbons (Fsp3) is 0.304. The van der Waals surface area contributed by atoms with Gasteiger partial charge in [0.05, 0.1) is 7.11 Å². The van der Waals surface area contributed by atoms with Crippen LogP contribution >= 0.6 is 0 Å². The molecule has 2 aromatic carbocycles. The summed E-state index contributed by atoms with van der Waals surface area (Å²) in [6.45, 7) is 5.15. The molecule has 0 spiro atoms. The number of anilines is 1. The Labute approximate surface area is 176 Å². The Morgan fingerprint density at radius 2 is 1.87 bits per heavy atom. The van der Waals surface area contributed by atoms with Gasteiger partial charge in [-0.1, -0.05) is 30.9 Å². The minimum absolute atomic E-state index is 0.0148. The third-order valence-electron chi connectivity index (χ3n) is 4.92. The van der Waals surface area contributed by atoms with Crippen molar-refractivity contribution in [1.82, 2.24) is 10.2 Å². The van der Waals surface area contributed by atoms with Crippen LogP contribution < -0.4 is 20.1 Å². The number of amides is 3. The summed E-state index contributed by atoms with van der Waals surface area (Å²) in [7, 11) is 1.54. The van der Waals surface area contributed by atoms with Gasteiger partial charge in [-0.25, -0.2) is 4.79 Å². The number of nitrogens with one attached hydrogen (secondary N) is 2. The van der Waals surface area contributed by atoms with Crippen molar-refractivity contribution in [3.63, 3.8) is 0 Å². The lowest BCUT2D eigenvalue weighted by molar-refractivity contribution is 0.0919. The van der Waals surface area contributed by atoms with Crippen LogP contribution in [0.1, 0.15) is 23.2 Å². The molecule has 0 aromatic heterocycles. The number of hydrogen-bond donors (Lipinski definition) is 2. The van der Waals surface area contributed by atoms with E-state index in [4.69, 9.17) is 9.47 Å². The molecule has 1 aliphatic heterocycles. The minimum Gasteiger partial charge on any atom is -0.493 e. The number of rotatable bonds is 7. The maximum absolute atomic E-state index is 12.6. The van der Waals surface area contributed by atoms with Crippen LogP contribution in [0.2, 0.25) is 0 Å². The smallest absolute Gasteiger partial charge is 0.321 e. The van der Waals surface area contributed by atoms with Crippen molar-refractivity contribution >= 4 is 17.6 Å². The molecule has 0 radical (unpaired) electrons. The summed E-state index contributed by atoms with van der Waals surface area (Å²) < 4.78 is 10.8. The summed E-state index contributed by atoms with van der Waals surface area (Å²) in [6, 6.07) is 14.4. The molecule has 1 aliphatic rings. The molecule has 0 atom stereocenters. The summed E-state index contributed by atoms with van der Waals surface area (Å²) in [5.41, 5.74) is 1.27. The minimum atomic E-state index is -0.171. The third kappa shape index (κ3) is 5.53. The monoisotopic (exact) mass is 409 g/mol. The predicted molar refractivity (Wildman–Crippen MR) is 116 cm³/mol. The highest BCUT2D eigenvalue weighted by molar-refractivity contribution is 5.95. The first-order valence-corrected chi connectivity index (χ1v) is 9.94. The van der Waals surface area contributed by atoms with Crippen molar-refractivity contribution in [1.29, 1.82) is 0 Å². The normalized spacial score (nSPS) is 14.0. The molecule has 7 nitrogen and oxygen atoms in total. The summed E-state index contributed by atoms with van der Waals surface area (Å²) in [5.74, 6) is 0.888. The number of carbonyl (C=O) groups excluding carboxylic acids is 2. The number of carbonyl (C=O) groups is 2. The van der Waals surface area contributed by atoms with Gasteiger partial charge in [0.15, 0.2) is 11.5 Å². The van der Waals surface area contributed by atoms with Crippen LogP contribution in [0.25, 0.3) is 0 Å². The Kier molecular flexibility index (Phi) is 7.32. The second kappa shape index (κ2) is 10.3. The molecule has 0 saturated carbocycles. The van der Waals surface area contributed by atoms with Crippen LogP contribution in [0.15, 0.2) is 61.2 Å². The predicted octanol–water partition coefficient (Wildman–Crippen LogP) is 3.69. The first-order chi connectivity index (χ1) is 14.6. The second-order valence-corrected chi connectivity index (χ2v) is 7.00. The van der Waals surface area contributed by atoms with Gasteiger partial charge in [-0.05, 0) is 43.2 Å². The van der Waals surface area contributed by atoms with Crippen molar-refractivity contribution in [3.8, 4) is 11.5 Å². The standard InChI is InChI=1S/C23H27N3O4/c1-3-15-30-20-10-9-17(16-21(20)29-2)22(27)24-19-11-13-26(14-12-19)23(28)25-18-7-5-4-6-8-18/h3-10,16,19H,1,11-15H2,2H3,(H,24,27)(H,25,28). The number of nitrogens with zero attached hydrogens (tertiary/aromatic N) is 1. The Morgan fingerprint density at radius 3 is 2.53 bits per heavy atom. The van der Waals surface area contributed by atoms with Gasteiger partial charge in [0.25, 0.3) is 5.91 Å². The van der Waals surface area contributed by atoms with E-state index in [0.29, 0.717) is 49.6 Å². The fourth-order valence-corrected chi connectivity index (χ4v) is 3.30. The lowest BCUT2D eigenvalue weighted by atomic mass is 10.0. The van der Waals surface area contributed by atoms with Gasteiger partial charge < -0.3 is 25.0 Å². The maximum atomic E-state index is 12.6. The topological polar surface area (TPSA) is 79.9 Å². The van der Waals surface area contributed by atoms with Crippen molar-refractivity contribution in [3.05, 3.63) is 66.7 Å². The number of hydrogen-bond acceptors (Lipinski definition) is 4. The fourth-order valence-electron chi connectivity index (χ4n) is 3.30. The van der Waals surface area contributed by atoms with Gasteiger partial charge in [-0.3, -0.25) is 4.79 Å². The van der Waals surface area contributed by atoms with Crippen LogP contribution in [-0.4, -0.2) is 49.7 Å². The number of ether oxygens (including phenoxy) is 2. The van der Waals surface area contributed by atoms with E-state index >= 15 is 0 Å². The number of para-hydroxylation sites is 1. The molecule has 7 heteroatoms. The molecule has 2 aromatic rings. The number of urea groups is 1.